The van der Waals surface area contributed by atoms with Crippen LogP contribution < -0.4 is 4.74 Å². The third-order valence-corrected chi connectivity index (χ3v) is 2.68. The van der Waals surface area contributed by atoms with Gasteiger partial charge in [0.15, 0.2) is 0 Å². The van der Waals surface area contributed by atoms with Gasteiger partial charge in [0.1, 0.15) is 12.4 Å². The molecule has 0 aliphatic heterocycles. The van der Waals surface area contributed by atoms with Crippen LogP contribution in [0.5, 0.6) is 5.75 Å². The van der Waals surface area contributed by atoms with Crippen molar-refractivity contribution >= 4 is 0 Å². The lowest BCUT2D eigenvalue weighted by molar-refractivity contribution is 0.198. The number of hydrogen-bond donors (Lipinski definition) is 1. The van der Waals surface area contributed by atoms with E-state index in [2.05, 4.69) is 4.98 Å². The van der Waals surface area contributed by atoms with E-state index in [1.165, 1.54) is 0 Å². The molecule has 1 atom stereocenters. The SMILES string of the molecule is Cc1cncc(COc2cccc([C@@H](C)O)c2)c1. The van der Waals surface area contributed by atoms with Crippen LogP contribution in [0.25, 0.3) is 0 Å². The van der Waals surface area contributed by atoms with Crippen molar-refractivity contribution in [3.05, 3.63) is 59.4 Å². The van der Waals surface area contributed by atoms with Gasteiger partial charge in [-0.05, 0) is 43.2 Å². The summed E-state index contributed by atoms with van der Waals surface area (Å²) in [4.78, 5) is 4.12. The molecule has 94 valence electrons. The number of pyridine rings is 1. The number of aliphatic hydroxyl groups excluding tert-OH is 1. The van der Waals surface area contributed by atoms with Crippen molar-refractivity contribution in [2.75, 3.05) is 0 Å². The van der Waals surface area contributed by atoms with Gasteiger partial charge in [0.05, 0.1) is 6.10 Å². The Morgan fingerprint density at radius 1 is 1.28 bits per heavy atom. The molecule has 1 aromatic carbocycles. The van der Waals surface area contributed by atoms with E-state index in [1.54, 1.807) is 13.1 Å². The standard InChI is InChI=1S/C15H17NO2/c1-11-6-13(9-16-8-11)10-18-15-5-3-4-14(7-15)12(2)17/h3-9,12,17H,10H2,1-2H3/t12-/m1/s1. The van der Waals surface area contributed by atoms with Gasteiger partial charge in [-0.25, -0.2) is 0 Å². The topological polar surface area (TPSA) is 42.4 Å². The summed E-state index contributed by atoms with van der Waals surface area (Å²) < 4.78 is 5.69. The zero-order valence-electron chi connectivity index (χ0n) is 10.6. The highest BCUT2D eigenvalue weighted by Crippen LogP contribution is 2.19. The molecule has 1 N–H and O–H groups in total. The molecule has 0 unspecified atom stereocenters. The van der Waals surface area contributed by atoms with E-state index in [4.69, 9.17) is 4.74 Å². The van der Waals surface area contributed by atoms with Crippen LogP contribution >= 0.6 is 0 Å². The number of hydrogen-bond acceptors (Lipinski definition) is 3. The van der Waals surface area contributed by atoms with Crippen LogP contribution in [0.1, 0.15) is 29.7 Å². The summed E-state index contributed by atoms with van der Waals surface area (Å²) >= 11 is 0. The maximum Gasteiger partial charge on any atom is 0.120 e. The third kappa shape index (κ3) is 3.31. The molecule has 0 saturated carbocycles. The largest absolute Gasteiger partial charge is 0.489 e. The molecule has 1 heterocycles. The number of aliphatic hydroxyl groups is 1. The first kappa shape index (κ1) is 12.6. The Balaban J connectivity index is 2.04. The number of benzene rings is 1. The van der Waals surface area contributed by atoms with Gasteiger partial charge >= 0.3 is 0 Å². The minimum absolute atomic E-state index is 0.478. The summed E-state index contributed by atoms with van der Waals surface area (Å²) in [5.41, 5.74) is 3.01. The lowest BCUT2D eigenvalue weighted by atomic mass is 10.1. The second kappa shape index (κ2) is 5.65. The summed E-state index contributed by atoms with van der Waals surface area (Å²) in [6, 6.07) is 9.55. The number of aromatic nitrogens is 1. The Bertz CT molecular complexity index is 523. The fourth-order valence-electron chi connectivity index (χ4n) is 1.73. The second-order valence-corrected chi connectivity index (χ2v) is 4.41. The van der Waals surface area contributed by atoms with Gasteiger partial charge in [-0.1, -0.05) is 12.1 Å². The summed E-state index contributed by atoms with van der Waals surface area (Å²) in [5, 5.41) is 9.50. The lowest BCUT2D eigenvalue weighted by Crippen LogP contribution is -1.98. The van der Waals surface area contributed by atoms with Gasteiger partial charge in [0.2, 0.25) is 0 Å². The van der Waals surface area contributed by atoms with Gasteiger partial charge in [-0.2, -0.15) is 0 Å². The van der Waals surface area contributed by atoms with E-state index >= 15 is 0 Å². The Hall–Kier alpha value is -1.87. The normalized spacial score (nSPS) is 12.2. The molecule has 0 spiro atoms. The van der Waals surface area contributed by atoms with Gasteiger partial charge in [0, 0.05) is 18.0 Å². The highest BCUT2D eigenvalue weighted by molar-refractivity contribution is 5.30. The third-order valence-electron chi connectivity index (χ3n) is 2.68. The minimum atomic E-state index is -0.478. The van der Waals surface area contributed by atoms with E-state index in [1.807, 2.05) is 43.5 Å². The van der Waals surface area contributed by atoms with Crippen molar-refractivity contribution in [1.29, 1.82) is 0 Å². The summed E-state index contributed by atoms with van der Waals surface area (Å²) in [6.07, 6.45) is 3.14. The molecule has 2 rings (SSSR count). The molecule has 2 aromatic rings. The molecule has 0 saturated heterocycles. The van der Waals surface area contributed by atoms with Crippen molar-refractivity contribution in [1.82, 2.24) is 4.98 Å². The number of rotatable bonds is 4. The maximum absolute atomic E-state index is 9.50. The second-order valence-electron chi connectivity index (χ2n) is 4.41. The van der Waals surface area contributed by atoms with E-state index in [0.29, 0.717) is 6.61 Å². The van der Waals surface area contributed by atoms with Crippen LogP contribution in [0.2, 0.25) is 0 Å². The molecule has 18 heavy (non-hydrogen) atoms. The zero-order chi connectivity index (χ0) is 13.0. The van der Waals surface area contributed by atoms with Crippen LogP contribution in [0.15, 0.2) is 42.7 Å². The van der Waals surface area contributed by atoms with Gasteiger partial charge in [0.25, 0.3) is 0 Å². The Kier molecular flexibility index (Phi) is 3.95. The Labute approximate surface area is 107 Å². The zero-order valence-corrected chi connectivity index (χ0v) is 10.6. The van der Waals surface area contributed by atoms with Crippen molar-refractivity contribution in [3.63, 3.8) is 0 Å². The quantitative estimate of drug-likeness (QED) is 0.897. The van der Waals surface area contributed by atoms with Crippen LogP contribution in [0.3, 0.4) is 0 Å². The molecule has 3 nitrogen and oxygen atoms in total. The highest BCUT2D eigenvalue weighted by Gasteiger charge is 2.02. The molecule has 0 aliphatic carbocycles. The van der Waals surface area contributed by atoms with E-state index in [-0.39, 0.29) is 0 Å². The van der Waals surface area contributed by atoms with Crippen molar-refractivity contribution in [2.45, 2.75) is 26.6 Å². The van der Waals surface area contributed by atoms with E-state index in [0.717, 1.165) is 22.4 Å². The first-order chi connectivity index (χ1) is 8.65. The van der Waals surface area contributed by atoms with Gasteiger partial charge in [-0.3, -0.25) is 4.98 Å². The Morgan fingerprint density at radius 3 is 2.83 bits per heavy atom. The van der Waals surface area contributed by atoms with Crippen LogP contribution in [-0.2, 0) is 6.61 Å². The van der Waals surface area contributed by atoms with Crippen molar-refractivity contribution in [3.8, 4) is 5.75 Å². The molecule has 3 heteroatoms. The van der Waals surface area contributed by atoms with E-state index < -0.39 is 6.10 Å². The molecule has 1 aromatic heterocycles. The lowest BCUT2D eigenvalue weighted by Gasteiger charge is -2.09. The molecular weight excluding hydrogens is 226 g/mol. The molecule has 0 fully saturated rings. The molecule has 0 bridgehead atoms. The Morgan fingerprint density at radius 2 is 2.11 bits per heavy atom. The van der Waals surface area contributed by atoms with Crippen molar-refractivity contribution < 1.29 is 9.84 Å². The first-order valence-corrected chi connectivity index (χ1v) is 5.96. The van der Waals surface area contributed by atoms with Gasteiger partial charge in [-0.15, -0.1) is 0 Å². The first-order valence-electron chi connectivity index (χ1n) is 5.96. The number of nitrogens with zero attached hydrogens (tertiary/aromatic N) is 1. The molecule has 0 amide bonds. The van der Waals surface area contributed by atoms with Crippen LogP contribution in [0, 0.1) is 6.92 Å². The highest BCUT2D eigenvalue weighted by atomic mass is 16.5. The van der Waals surface area contributed by atoms with Crippen molar-refractivity contribution in [2.24, 2.45) is 0 Å². The number of ether oxygens (including phenoxy) is 1. The van der Waals surface area contributed by atoms with E-state index in [9.17, 15) is 5.11 Å². The fourth-order valence-corrected chi connectivity index (χ4v) is 1.73. The summed E-state index contributed by atoms with van der Waals surface area (Å²) in [5.74, 6) is 0.759. The number of aryl methyl sites for hydroxylation is 1. The molecular formula is C15H17NO2. The van der Waals surface area contributed by atoms with Gasteiger partial charge < -0.3 is 9.84 Å². The monoisotopic (exact) mass is 243 g/mol. The predicted molar refractivity (Wildman–Crippen MR) is 70.4 cm³/mol. The van der Waals surface area contributed by atoms with Crippen LogP contribution in [-0.4, -0.2) is 10.1 Å². The maximum atomic E-state index is 9.50. The predicted octanol–water partition coefficient (Wildman–Crippen LogP) is 3.02. The van der Waals surface area contributed by atoms with Crippen LogP contribution in [0.4, 0.5) is 0 Å². The summed E-state index contributed by atoms with van der Waals surface area (Å²) in [6.45, 7) is 4.23. The average Bonchev–Trinajstić information content (AvgIpc) is 2.37. The summed E-state index contributed by atoms with van der Waals surface area (Å²) in [7, 11) is 0. The smallest absolute Gasteiger partial charge is 0.120 e. The molecule has 0 aliphatic rings. The average molecular weight is 243 g/mol. The fraction of sp³-hybridized carbons (Fsp3) is 0.267. The minimum Gasteiger partial charge on any atom is -0.489 e. The molecule has 0 radical (unpaired) electrons.